The zero-order valence-corrected chi connectivity index (χ0v) is 23.9. The number of benzene rings is 2. The first-order valence-corrected chi connectivity index (χ1v) is 13.1. The van der Waals surface area contributed by atoms with Gasteiger partial charge in [-0.2, -0.15) is 13.2 Å². The Hall–Kier alpha value is -4.09. The molecule has 2 unspecified atom stereocenters. The Labute approximate surface area is 253 Å². The molecule has 0 aliphatic rings. The lowest BCUT2D eigenvalue weighted by Gasteiger charge is -2.16. The summed E-state index contributed by atoms with van der Waals surface area (Å²) in [7, 11) is 0. The van der Waals surface area contributed by atoms with Gasteiger partial charge in [-0.25, -0.2) is 19.1 Å². The van der Waals surface area contributed by atoms with Gasteiger partial charge in [0.1, 0.15) is 12.2 Å². The molecule has 2 heterocycles. The first-order valence-electron chi connectivity index (χ1n) is 12.3. The molecule has 0 saturated carbocycles. The number of ether oxygens (including phenoxy) is 2. The zero-order valence-electron chi connectivity index (χ0n) is 22.4. The molecule has 0 aliphatic carbocycles. The number of aromatic nitrogens is 6. The van der Waals surface area contributed by atoms with Gasteiger partial charge in [0.15, 0.2) is 35.4 Å². The molecule has 0 fully saturated rings. The zero-order chi connectivity index (χ0) is 32.6. The minimum Gasteiger partial charge on any atom is -0.455 e. The third-order valence-electron chi connectivity index (χ3n) is 5.81. The van der Waals surface area contributed by atoms with Crippen LogP contribution in [0.15, 0.2) is 47.3 Å². The standard InChI is InChI=1S/C25H20Cl2F6N6O5/c1-12(43-13(2)40)21-34-20(35-39(21)17-8-7-16(27)9-18(17)44-25(31,32)33)11-38-23(42)37(10-19(41)24(28,29)30)22(36-38)14-3-5-15(26)6-4-14/h3-9,12,19,41H,10-11H2,1-2H3. The molecule has 19 heteroatoms. The molecular formula is C25H20Cl2F6N6O5. The summed E-state index contributed by atoms with van der Waals surface area (Å²) in [5.41, 5.74) is -1.25. The van der Waals surface area contributed by atoms with Gasteiger partial charge in [0.25, 0.3) is 0 Å². The normalized spacial score (nSPS) is 13.5. The fraction of sp³-hybridized carbons (Fsp3) is 0.320. The topological polar surface area (TPSA) is 126 Å². The number of alkyl halides is 6. The van der Waals surface area contributed by atoms with E-state index < -0.39 is 55.2 Å². The number of aliphatic hydroxyl groups excluding tert-OH is 1. The molecule has 4 aromatic rings. The van der Waals surface area contributed by atoms with Crippen LogP contribution in [-0.4, -0.2) is 58.8 Å². The van der Waals surface area contributed by atoms with Crippen LogP contribution in [0.3, 0.4) is 0 Å². The second-order valence-electron chi connectivity index (χ2n) is 9.15. The van der Waals surface area contributed by atoms with E-state index in [4.69, 9.17) is 27.9 Å². The molecule has 2 atom stereocenters. The predicted octanol–water partition coefficient (Wildman–Crippen LogP) is 5.09. The van der Waals surface area contributed by atoms with Crippen molar-refractivity contribution in [1.29, 1.82) is 0 Å². The second-order valence-corrected chi connectivity index (χ2v) is 10.0. The molecule has 2 aromatic heterocycles. The summed E-state index contributed by atoms with van der Waals surface area (Å²) in [4.78, 5) is 29.1. The molecule has 0 radical (unpaired) electrons. The lowest BCUT2D eigenvalue weighted by atomic mass is 10.2. The summed E-state index contributed by atoms with van der Waals surface area (Å²) in [6.07, 6.45) is -14.3. The highest BCUT2D eigenvalue weighted by Crippen LogP contribution is 2.33. The monoisotopic (exact) mass is 668 g/mol. The van der Waals surface area contributed by atoms with Crippen molar-refractivity contribution in [3.63, 3.8) is 0 Å². The van der Waals surface area contributed by atoms with Gasteiger partial charge in [0, 0.05) is 28.6 Å². The molecule has 0 saturated heterocycles. The second kappa shape index (κ2) is 12.5. The van der Waals surface area contributed by atoms with Crippen molar-refractivity contribution in [2.75, 3.05) is 0 Å². The molecule has 2 aromatic carbocycles. The van der Waals surface area contributed by atoms with Crippen molar-refractivity contribution in [2.24, 2.45) is 0 Å². The van der Waals surface area contributed by atoms with E-state index in [1.807, 2.05) is 0 Å². The Bertz CT molecular complexity index is 1720. The van der Waals surface area contributed by atoms with Gasteiger partial charge < -0.3 is 14.6 Å². The van der Waals surface area contributed by atoms with Crippen LogP contribution in [0.25, 0.3) is 17.1 Å². The Morgan fingerprint density at radius 3 is 2.25 bits per heavy atom. The smallest absolute Gasteiger partial charge is 0.455 e. The summed E-state index contributed by atoms with van der Waals surface area (Å²) in [5.74, 6) is -2.28. The maximum atomic E-state index is 13.3. The highest BCUT2D eigenvalue weighted by Gasteiger charge is 2.39. The first-order chi connectivity index (χ1) is 20.4. The third kappa shape index (κ3) is 7.70. The summed E-state index contributed by atoms with van der Waals surface area (Å²) in [5, 5.41) is 18.1. The number of carbonyl (C=O) groups excluding carboxylic acids is 1. The summed E-state index contributed by atoms with van der Waals surface area (Å²) >= 11 is 11.8. The van der Waals surface area contributed by atoms with E-state index in [2.05, 4.69) is 19.9 Å². The Kier molecular flexibility index (Phi) is 9.32. The quantitative estimate of drug-likeness (QED) is 0.193. The van der Waals surface area contributed by atoms with Crippen LogP contribution in [0.2, 0.25) is 10.0 Å². The highest BCUT2D eigenvalue weighted by molar-refractivity contribution is 6.31. The largest absolute Gasteiger partial charge is 0.573 e. The SMILES string of the molecule is CC(=O)OC(C)c1nc(Cn2nc(-c3ccc(Cl)cc3)n(CC(O)C(F)(F)F)c2=O)nn1-c1ccc(Cl)cc1OC(F)(F)F. The molecule has 11 nitrogen and oxygen atoms in total. The van der Waals surface area contributed by atoms with Gasteiger partial charge >= 0.3 is 24.2 Å². The molecule has 0 amide bonds. The molecule has 0 bridgehead atoms. The molecule has 44 heavy (non-hydrogen) atoms. The summed E-state index contributed by atoms with van der Waals surface area (Å²) in [6, 6.07) is 8.82. The van der Waals surface area contributed by atoms with Gasteiger partial charge in [-0.3, -0.25) is 9.36 Å². The molecule has 4 rings (SSSR count). The number of hydrogen-bond acceptors (Lipinski definition) is 8. The Morgan fingerprint density at radius 1 is 1.02 bits per heavy atom. The number of halogens is 8. The molecule has 0 spiro atoms. The number of rotatable bonds is 9. The van der Waals surface area contributed by atoms with Crippen LogP contribution >= 0.6 is 23.2 Å². The molecular weight excluding hydrogens is 649 g/mol. The van der Waals surface area contributed by atoms with Gasteiger partial charge in [0.2, 0.25) is 0 Å². The number of nitrogens with zero attached hydrogens (tertiary/aromatic N) is 6. The number of aliphatic hydroxyl groups is 1. The van der Waals surface area contributed by atoms with Crippen LogP contribution in [-0.2, 0) is 22.6 Å². The number of hydrogen-bond donors (Lipinski definition) is 1. The van der Waals surface area contributed by atoms with Crippen LogP contribution in [0.4, 0.5) is 26.3 Å². The predicted molar refractivity (Wildman–Crippen MR) is 141 cm³/mol. The van der Waals surface area contributed by atoms with Crippen LogP contribution in [0.5, 0.6) is 5.75 Å². The van der Waals surface area contributed by atoms with Crippen LogP contribution in [0, 0.1) is 0 Å². The minimum absolute atomic E-state index is 0.115. The Balaban J connectivity index is 1.83. The first kappa shape index (κ1) is 32.8. The van der Waals surface area contributed by atoms with Crippen molar-refractivity contribution in [2.45, 2.75) is 51.7 Å². The van der Waals surface area contributed by atoms with E-state index >= 15 is 0 Å². The summed E-state index contributed by atoms with van der Waals surface area (Å²) in [6.45, 7) is 0.618. The van der Waals surface area contributed by atoms with Crippen LogP contribution < -0.4 is 10.4 Å². The lowest BCUT2D eigenvalue weighted by Crippen LogP contribution is -2.37. The van der Waals surface area contributed by atoms with Gasteiger partial charge in [-0.05, 0) is 43.3 Å². The average Bonchev–Trinajstić information content (AvgIpc) is 3.44. The van der Waals surface area contributed by atoms with Crippen molar-refractivity contribution < 1.29 is 45.7 Å². The van der Waals surface area contributed by atoms with Gasteiger partial charge in [0.05, 0.1) is 6.54 Å². The number of esters is 1. The van der Waals surface area contributed by atoms with Crippen LogP contribution in [0.1, 0.15) is 31.6 Å². The summed E-state index contributed by atoms with van der Waals surface area (Å²) < 4.78 is 90.5. The maximum Gasteiger partial charge on any atom is 0.573 e. The van der Waals surface area contributed by atoms with Gasteiger partial charge in [-0.15, -0.1) is 23.4 Å². The van der Waals surface area contributed by atoms with E-state index in [1.165, 1.54) is 37.3 Å². The van der Waals surface area contributed by atoms with Gasteiger partial charge in [-0.1, -0.05) is 23.2 Å². The van der Waals surface area contributed by atoms with Crippen molar-refractivity contribution in [1.82, 2.24) is 29.1 Å². The Morgan fingerprint density at radius 2 is 1.66 bits per heavy atom. The average molecular weight is 669 g/mol. The molecule has 1 N–H and O–H groups in total. The third-order valence-corrected chi connectivity index (χ3v) is 6.29. The van der Waals surface area contributed by atoms with Crippen molar-refractivity contribution in [3.8, 4) is 22.8 Å². The van der Waals surface area contributed by atoms with E-state index in [0.717, 1.165) is 23.7 Å². The lowest BCUT2D eigenvalue weighted by molar-refractivity contribution is -0.274. The van der Waals surface area contributed by atoms with E-state index in [1.54, 1.807) is 0 Å². The molecule has 236 valence electrons. The van der Waals surface area contributed by atoms with E-state index in [0.29, 0.717) is 9.25 Å². The number of carbonyl (C=O) groups is 1. The molecule has 0 aliphatic heterocycles. The highest BCUT2D eigenvalue weighted by atomic mass is 35.5. The van der Waals surface area contributed by atoms with Crippen molar-refractivity contribution in [3.05, 3.63) is 74.6 Å². The van der Waals surface area contributed by atoms with E-state index in [9.17, 15) is 41.0 Å². The minimum atomic E-state index is -5.14. The fourth-order valence-electron chi connectivity index (χ4n) is 3.98. The van der Waals surface area contributed by atoms with E-state index in [-0.39, 0.29) is 38.8 Å². The maximum absolute atomic E-state index is 13.3. The fourth-order valence-corrected chi connectivity index (χ4v) is 4.27. The van der Waals surface area contributed by atoms with Crippen molar-refractivity contribution >= 4 is 29.2 Å².